The highest BCUT2D eigenvalue weighted by atomic mass is 16.5. The van der Waals surface area contributed by atoms with E-state index < -0.39 is 0 Å². The van der Waals surface area contributed by atoms with E-state index in [2.05, 4.69) is 5.32 Å². The number of rotatable bonds is 5. The molecule has 1 aromatic carbocycles. The minimum Gasteiger partial charge on any atom is -0.483 e. The second kappa shape index (κ2) is 6.12. The van der Waals surface area contributed by atoms with Gasteiger partial charge in [0.05, 0.1) is 0 Å². The molecule has 0 radical (unpaired) electrons. The SMILES string of the molecule is Cc1cccc(OCC(=O)NCCN)c1C. The quantitative estimate of drug-likeness (QED) is 0.773. The number of carbonyl (C=O) groups excluding carboxylic acids is 1. The second-order valence-corrected chi connectivity index (χ2v) is 3.63. The molecule has 3 N–H and O–H groups in total. The molecule has 0 aliphatic heterocycles. The Kier molecular flexibility index (Phi) is 4.79. The molecule has 0 heterocycles. The van der Waals surface area contributed by atoms with Crippen LogP contribution >= 0.6 is 0 Å². The van der Waals surface area contributed by atoms with Crippen LogP contribution in [0.3, 0.4) is 0 Å². The zero-order valence-corrected chi connectivity index (χ0v) is 9.75. The fraction of sp³-hybridized carbons (Fsp3) is 0.417. The van der Waals surface area contributed by atoms with Crippen molar-refractivity contribution in [2.24, 2.45) is 5.73 Å². The number of aryl methyl sites for hydroxylation is 1. The van der Waals surface area contributed by atoms with E-state index in [0.717, 1.165) is 16.9 Å². The summed E-state index contributed by atoms with van der Waals surface area (Å²) >= 11 is 0. The van der Waals surface area contributed by atoms with Gasteiger partial charge in [0.2, 0.25) is 0 Å². The maximum Gasteiger partial charge on any atom is 0.257 e. The average Bonchev–Trinajstić information content (AvgIpc) is 2.28. The monoisotopic (exact) mass is 222 g/mol. The first-order valence-corrected chi connectivity index (χ1v) is 5.31. The fourth-order valence-corrected chi connectivity index (χ4v) is 1.29. The molecule has 0 spiro atoms. The Hall–Kier alpha value is -1.55. The van der Waals surface area contributed by atoms with E-state index in [9.17, 15) is 4.79 Å². The summed E-state index contributed by atoms with van der Waals surface area (Å²) in [5.74, 6) is 0.606. The Labute approximate surface area is 95.8 Å². The van der Waals surface area contributed by atoms with E-state index in [4.69, 9.17) is 10.5 Å². The predicted octanol–water partition coefficient (Wildman–Crippen LogP) is 0.757. The van der Waals surface area contributed by atoms with Gasteiger partial charge in [-0.1, -0.05) is 12.1 Å². The summed E-state index contributed by atoms with van der Waals surface area (Å²) in [6, 6.07) is 5.78. The average molecular weight is 222 g/mol. The molecule has 1 aromatic rings. The zero-order valence-electron chi connectivity index (χ0n) is 9.75. The standard InChI is InChI=1S/C12H18N2O2/c1-9-4-3-5-11(10(9)2)16-8-12(15)14-7-6-13/h3-5H,6-8,13H2,1-2H3,(H,14,15). The van der Waals surface area contributed by atoms with E-state index in [0.29, 0.717) is 13.1 Å². The van der Waals surface area contributed by atoms with Crippen molar-refractivity contribution in [1.29, 1.82) is 0 Å². The maximum atomic E-state index is 11.3. The third-order valence-corrected chi connectivity index (χ3v) is 2.38. The molecule has 0 aliphatic rings. The molecule has 0 unspecified atom stereocenters. The van der Waals surface area contributed by atoms with Crippen LogP contribution in [0.5, 0.6) is 5.75 Å². The van der Waals surface area contributed by atoms with Crippen molar-refractivity contribution in [2.45, 2.75) is 13.8 Å². The van der Waals surface area contributed by atoms with Gasteiger partial charge in [-0.15, -0.1) is 0 Å². The smallest absolute Gasteiger partial charge is 0.257 e. The number of hydrogen-bond donors (Lipinski definition) is 2. The first-order valence-electron chi connectivity index (χ1n) is 5.31. The Morgan fingerprint density at radius 1 is 1.44 bits per heavy atom. The van der Waals surface area contributed by atoms with Crippen molar-refractivity contribution in [3.05, 3.63) is 29.3 Å². The lowest BCUT2D eigenvalue weighted by atomic mass is 10.1. The Balaban J connectivity index is 2.48. The van der Waals surface area contributed by atoms with E-state index in [-0.39, 0.29) is 12.5 Å². The van der Waals surface area contributed by atoms with Gasteiger partial charge in [-0.2, -0.15) is 0 Å². The van der Waals surface area contributed by atoms with E-state index in [1.165, 1.54) is 0 Å². The van der Waals surface area contributed by atoms with Gasteiger partial charge in [0.25, 0.3) is 5.91 Å². The minimum absolute atomic E-state index is 0.0320. The Morgan fingerprint density at radius 3 is 2.88 bits per heavy atom. The number of nitrogens with one attached hydrogen (secondary N) is 1. The largest absolute Gasteiger partial charge is 0.483 e. The molecule has 88 valence electrons. The van der Waals surface area contributed by atoms with Crippen LogP contribution in [-0.2, 0) is 4.79 Å². The molecular formula is C12H18N2O2. The maximum absolute atomic E-state index is 11.3. The summed E-state index contributed by atoms with van der Waals surface area (Å²) in [6.07, 6.45) is 0. The molecule has 1 rings (SSSR count). The van der Waals surface area contributed by atoms with Crippen molar-refractivity contribution in [3.63, 3.8) is 0 Å². The lowest BCUT2D eigenvalue weighted by Crippen LogP contribution is -2.33. The lowest BCUT2D eigenvalue weighted by Gasteiger charge is -2.10. The number of benzene rings is 1. The molecule has 0 saturated carbocycles. The first kappa shape index (κ1) is 12.5. The van der Waals surface area contributed by atoms with Gasteiger partial charge < -0.3 is 15.8 Å². The third-order valence-electron chi connectivity index (χ3n) is 2.38. The highest BCUT2D eigenvalue weighted by Crippen LogP contribution is 2.20. The van der Waals surface area contributed by atoms with Crippen LogP contribution in [-0.4, -0.2) is 25.6 Å². The summed E-state index contributed by atoms with van der Waals surface area (Å²) in [6.45, 7) is 4.94. The summed E-state index contributed by atoms with van der Waals surface area (Å²) in [5.41, 5.74) is 7.49. The van der Waals surface area contributed by atoms with Crippen molar-refractivity contribution in [3.8, 4) is 5.75 Å². The van der Waals surface area contributed by atoms with Crippen molar-refractivity contribution < 1.29 is 9.53 Å². The third kappa shape index (κ3) is 3.55. The molecule has 16 heavy (non-hydrogen) atoms. The van der Waals surface area contributed by atoms with Gasteiger partial charge in [0, 0.05) is 13.1 Å². The molecule has 4 heteroatoms. The Morgan fingerprint density at radius 2 is 2.19 bits per heavy atom. The number of carbonyl (C=O) groups is 1. The lowest BCUT2D eigenvalue weighted by molar-refractivity contribution is -0.123. The van der Waals surface area contributed by atoms with Crippen LogP contribution in [0.4, 0.5) is 0 Å². The van der Waals surface area contributed by atoms with Crippen molar-refractivity contribution in [1.82, 2.24) is 5.32 Å². The highest BCUT2D eigenvalue weighted by Gasteiger charge is 2.04. The topological polar surface area (TPSA) is 64.3 Å². The summed E-state index contributed by atoms with van der Waals surface area (Å²) in [4.78, 5) is 11.3. The van der Waals surface area contributed by atoms with E-state index in [1.807, 2.05) is 32.0 Å². The second-order valence-electron chi connectivity index (χ2n) is 3.63. The van der Waals surface area contributed by atoms with Crippen LogP contribution in [0, 0.1) is 13.8 Å². The van der Waals surface area contributed by atoms with Crippen LogP contribution < -0.4 is 15.8 Å². The van der Waals surface area contributed by atoms with Crippen LogP contribution in [0.2, 0.25) is 0 Å². The van der Waals surface area contributed by atoms with E-state index >= 15 is 0 Å². The molecule has 0 saturated heterocycles. The van der Waals surface area contributed by atoms with Gasteiger partial charge in [-0.25, -0.2) is 0 Å². The van der Waals surface area contributed by atoms with Crippen molar-refractivity contribution >= 4 is 5.91 Å². The summed E-state index contributed by atoms with van der Waals surface area (Å²) < 4.78 is 5.42. The van der Waals surface area contributed by atoms with Gasteiger partial charge in [-0.05, 0) is 31.0 Å². The van der Waals surface area contributed by atoms with Crippen molar-refractivity contribution in [2.75, 3.05) is 19.7 Å². The molecule has 0 bridgehead atoms. The normalized spacial score (nSPS) is 9.94. The molecule has 0 aromatic heterocycles. The zero-order chi connectivity index (χ0) is 12.0. The fourth-order valence-electron chi connectivity index (χ4n) is 1.29. The Bertz CT molecular complexity index is 364. The minimum atomic E-state index is -0.147. The molecule has 0 aliphatic carbocycles. The number of amides is 1. The first-order chi connectivity index (χ1) is 7.65. The number of hydrogen-bond acceptors (Lipinski definition) is 3. The summed E-state index contributed by atoms with van der Waals surface area (Å²) in [5, 5.41) is 2.65. The molecular weight excluding hydrogens is 204 g/mol. The number of nitrogens with two attached hydrogens (primary N) is 1. The summed E-state index contributed by atoms with van der Waals surface area (Å²) in [7, 11) is 0. The van der Waals surface area contributed by atoms with Gasteiger partial charge in [0.1, 0.15) is 5.75 Å². The van der Waals surface area contributed by atoms with Crippen LogP contribution in [0.25, 0.3) is 0 Å². The number of ether oxygens (including phenoxy) is 1. The predicted molar refractivity (Wildman–Crippen MR) is 63.5 cm³/mol. The van der Waals surface area contributed by atoms with Crippen LogP contribution in [0.1, 0.15) is 11.1 Å². The molecule has 0 fully saturated rings. The highest BCUT2D eigenvalue weighted by molar-refractivity contribution is 5.77. The van der Waals surface area contributed by atoms with Gasteiger partial charge in [0.15, 0.2) is 6.61 Å². The van der Waals surface area contributed by atoms with E-state index in [1.54, 1.807) is 0 Å². The molecule has 4 nitrogen and oxygen atoms in total. The molecule has 0 atom stereocenters. The molecule has 1 amide bonds. The van der Waals surface area contributed by atoms with Gasteiger partial charge >= 0.3 is 0 Å². The van der Waals surface area contributed by atoms with Gasteiger partial charge in [-0.3, -0.25) is 4.79 Å². The van der Waals surface area contributed by atoms with Crippen LogP contribution in [0.15, 0.2) is 18.2 Å².